The van der Waals surface area contributed by atoms with Gasteiger partial charge in [0.05, 0.1) is 21.5 Å². The fourth-order valence-corrected chi connectivity index (χ4v) is 3.87. The number of fused-ring (bicyclic) bond motifs is 1. The van der Waals surface area contributed by atoms with Crippen molar-refractivity contribution in [1.82, 2.24) is 4.98 Å². The summed E-state index contributed by atoms with van der Waals surface area (Å²) in [4.78, 5) is 27.3. The number of carbonyl (C=O) groups excluding carboxylic acids is 2. The lowest BCUT2D eigenvalue weighted by Crippen LogP contribution is -2.13. The zero-order chi connectivity index (χ0) is 17.1. The lowest BCUT2D eigenvalue weighted by Gasteiger charge is -2.05. The minimum atomic E-state index is -0.570. The van der Waals surface area contributed by atoms with Gasteiger partial charge in [-0.05, 0) is 30.3 Å². The van der Waals surface area contributed by atoms with Crippen molar-refractivity contribution in [2.24, 2.45) is 5.73 Å². The number of hydrogen-bond acceptors (Lipinski definition) is 5. The molecular formula is C16H12FN3O2S2. The summed E-state index contributed by atoms with van der Waals surface area (Å²) in [5, 5.41) is 2.67. The molecule has 0 spiro atoms. The molecule has 2 amide bonds. The number of thiazole rings is 1. The first-order valence-electron chi connectivity index (χ1n) is 6.90. The molecule has 2 aromatic carbocycles. The molecule has 0 atom stereocenters. The molecule has 8 heteroatoms. The van der Waals surface area contributed by atoms with Crippen LogP contribution in [0, 0.1) is 5.82 Å². The summed E-state index contributed by atoms with van der Waals surface area (Å²) in [5.41, 5.74) is 6.41. The number of hydrogen-bond donors (Lipinski definition) is 2. The van der Waals surface area contributed by atoms with Gasteiger partial charge >= 0.3 is 0 Å². The summed E-state index contributed by atoms with van der Waals surface area (Å²) >= 11 is 2.67. The van der Waals surface area contributed by atoms with Gasteiger partial charge in [-0.15, -0.1) is 11.3 Å². The van der Waals surface area contributed by atoms with Crippen LogP contribution in [0.4, 0.5) is 10.1 Å². The largest absolute Gasteiger partial charge is 0.369 e. The number of nitrogens with two attached hydrogens (primary N) is 1. The number of benzene rings is 2. The van der Waals surface area contributed by atoms with Gasteiger partial charge in [0.1, 0.15) is 5.82 Å². The van der Waals surface area contributed by atoms with E-state index in [1.54, 1.807) is 24.3 Å². The first-order chi connectivity index (χ1) is 11.5. The highest BCUT2D eigenvalue weighted by atomic mass is 32.2. The molecule has 0 aliphatic rings. The van der Waals surface area contributed by atoms with E-state index in [2.05, 4.69) is 10.3 Å². The highest BCUT2D eigenvalue weighted by Crippen LogP contribution is 2.31. The van der Waals surface area contributed by atoms with Crippen LogP contribution in [0.5, 0.6) is 0 Å². The van der Waals surface area contributed by atoms with Gasteiger partial charge in [-0.25, -0.2) is 9.37 Å². The van der Waals surface area contributed by atoms with Gasteiger partial charge in [0.25, 0.3) is 5.91 Å². The summed E-state index contributed by atoms with van der Waals surface area (Å²) in [5.74, 6) is -1.33. The zero-order valence-electron chi connectivity index (χ0n) is 12.3. The average Bonchev–Trinajstić information content (AvgIpc) is 2.95. The minimum absolute atomic E-state index is 0.0143. The summed E-state index contributed by atoms with van der Waals surface area (Å²) in [7, 11) is 0. The summed E-state index contributed by atoms with van der Waals surface area (Å²) in [6, 6.07) is 11.0. The molecule has 122 valence electrons. The van der Waals surface area contributed by atoms with Crippen LogP contribution >= 0.6 is 23.1 Å². The Morgan fingerprint density at radius 3 is 2.79 bits per heavy atom. The second-order valence-electron chi connectivity index (χ2n) is 4.85. The van der Waals surface area contributed by atoms with Crippen LogP contribution in [-0.2, 0) is 4.79 Å². The third kappa shape index (κ3) is 3.72. The van der Waals surface area contributed by atoms with Crippen molar-refractivity contribution in [3.8, 4) is 0 Å². The Balaban J connectivity index is 1.79. The van der Waals surface area contributed by atoms with Gasteiger partial charge < -0.3 is 11.1 Å². The van der Waals surface area contributed by atoms with Gasteiger partial charge in [-0.1, -0.05) is 23.9 Å². The van der Waals surface area contributed by atoms with Crippen LogP contribution in [0.3, 0.4) is 0 Å². The summed E-state index contributed by atoms with van der Waals surface area (Å²) in [6.07, 6.45) is 0. The third-order valence-electron chi connectivity index (χ3n) is 3.08. The van der Waals surface area contributed by atoms with E-state index in [0.29, 0.717) is 5.69 Å². The predicted octanol–water partition coefficient (Wildman–Crippen LogP) is 3.27. The maximum atomic E-state index is 13.6. The number of nitrogens with one attached hydrogen (secondary N) is 1. The molecule has 1 aromatic heterocycles. The van der Waals surface area contributed by atoms with Crippen LogP contribution in [-0.4, -0.2) is 22.6 Å². The molecule has 0 saturated heterocycles. The van der Waals surface area contributed by atoms with E-state index in [0.717, 1.165) is 14.6 Å². The van der Waals surface area contributed by atoms with Crippen molar-refractivity contribution in [2.75, 3.05) is 11.1 Å². The van der Waals surface area contributed by atoms with Crippen molar-refractivity contribution in [3.05, 3.63) is 53.8 Å². The normalized spacial score (nSPS) is 10.7. The summed E-state index contributed by atoms with van der Waals surface area (Å²) < 4.78 is 15.2. The molecule has 1 heterocycles. The highest BCUT2D eigenvalue weighted by Gasteiger charge is 2.12. The monoisotopic (exact) mass is 361 g/mol. The number of thioether (sulfide) groups is 1. The van der Waals surface area contributed by atoms with Crippen molar-refractivity contribution < 1.29 is 14.0 Å². The Morgan fingerprint density at radius 1 is 1.25 bits per heavy atom. The smallest absolute Gasteiger partial charge is 0.258 e. The molecule has 0 bridgehead atoms. The van der Waals surface area contributed by atoms with Crippen LogP contribution < -0.4 is 11.1 Å². The summed E-state index contributed by atoms with van der Waals surface area (Å²) in [6.45, 7) is 0. The Labute approximate surface area is 145 Å². The Morgan fingerprint density at radius 2 is 2.04 bits per heavy atom. The van der Waals surface area contributed by atoms with Crippen molar-refractivity contribution in [3.63, 3.8) is 0 Å². The maximum absolute atomic E-state index is 13.6. The molecule has 0 saturated carbocycles. The zero-order valence-corrected chi connectivity index (χ0v) is 13.9. The number of halogens is 1. The molecule has 24 heavy (non-hydrogen) atoms. The van der Waals surface area contributed by atoms with E-state index in [-0.39, 0.29) is 11.3 Å². The molecule has 0 aliphatic carbocycles. The second-order valence-corrected chi connectivity index (χ2v) is 7.10. The van der Waals surface area contributed by atoms with E-state index >= 15 is 0 Å². The lowest BCUT2D eigenvalue weighted by atomic mass is 10.2. The molecule has 3 aromatic rings. The molecule has 0 aliphatic heterocycles. The number of carbonyl (C=O) groups is 2. The van der Waals surface area contributed by atoms with Gasteiger partial charge in [0, 0.05) is 5.69 Å². The number of nitrogens with zero attached hydrogens (tertiary/aromatic N) is 1. The molecular weight excluding hydrogens is 349 g/mol. The van der Waals surface area contributed by atoms with E-state index in [4.69, 9.17) is 5.73 Å². The fourth-order valence-electron chi connectivity index (χ4n) is 2.02. The molecule has 0 fully saturated rings. The quantitative estimate of drug-likeness (QED) is 0.683. The lowest BCUT2D eigenvalue weighted by molar-refractivity contribution is -0.115. The molecule has 3 N–H and O–H groups in total. The van der Waals surface area contributed by atoms with Gasteiger partial charge in [-0.2, -0.15) is 0 Å². The highest BCUT2D eigenvalue weighted by molar-refractivity contribution is 8.01. The van der Waals surface area contributed by atoms with E-state index in [9.17, 15) is 14.0 Å². The number of aromatic nitrogens is 1. The van der Waals surface area contributed by atoms with Crippen LogP contribution in [0.1, 0.15) is 10.4 Å². The second kappa shape index (κ2) is 6.98. The van der Waals surface area contributed by atoms with Crippen LogP contribution in [0.2, 0.25) is 0 Å². The predicted molar refractivity (Wildman–Crippen MR) is 93.9 cm³/mol. The molecule has 0 radical (unpaired) electrons. The maximum Gasteiger partial charge on any atom is 0.258 e. The number of primary amides is 1. The number of rotatable bonds is 5. The topological polar surface area (TPSA) is 85.1 Å². The Bertz CT molecular complexity index is 927. The van der Waals surface area contributed by atoms with Gasteiger partial charge in [0.15, 0.2) is 4.34 Å². The number of amides is 2. The molecule has 3 rings (SSSR count). The Hall–Kier alpha value is -2.45. The van der Waals surface area contributed by atoms with E-state index < -0.39 is 17.6 Å². The molecule has 0 unspecified atom stereocenters. The van der Waals surface area contributed by atoms with Gasteiger partial charge in [-0.3, -0.25) is 9.59 Å². The van der Waals surface area contributed by atoms with E-state index in [1.165, 1.54) is 41.3 Å². The Kier molecular flexibility index (Phi) is 4.77. The van der Waals surface area contributed by atoms with Crippen molar-refractivity contribution in [1.29, 1.82) is 0 Å². The molecule has 5 nitrogen and oxygen atoms in total. The first-order valence-corrected chi connectivity index (χ1v) is 8.71. The van der Waals surface area contributed by atoms with E-state index in [1.807, 2.05) is 0 Å². The first kappa shape index (κ1) is 16.4. The van der Waals surface area contributed by atoms with Crippen LogP contribution in [0.25, 0.3) is 10.2 Å². The minimum Gasteiger partial charge on any atom is -0.369 e. The fraction of sp³-hybridized carbons (Fsp3) is 0.0625. The SMILES string of the molecule is NC(=O)CSc1nc2ccc(NC(=O)c3ccccc3F)cc2s1. The van der Waals surface area contributed by atoms with Crippen molar-refractivity contribution in [2.45, 2.75) is 4.34 Å². The number of anilines is 1. The van der Waals surface area contributed by atoms with Crippen LogP contribution in [0.15, 0.2) is 46.8 Å². The average molecular weight is 361 g/mol. The van der Waals surface area contributed by atoms with Gasteiger partial charge in [0.2, 0.25) is 5.91 Å². The van der Waals surface area contributed by atoms with Crippen molar-refractivity contribution >= 4 is 50.8 Å². The third-order valence-corrected chi connectivity index (χ3v) is 5.27. The standard InChI is InChI=1S/C16H12FN3O2S2/c17-11-4-2-1-3-10(11)15(22)19-9-5-6-12-13(7-9)24-16(20-12)23-8-14(18)21/h1-7H,8H2,(H2,18,21)(H,19,22).